The molecule has 0 amide bonds. The van der Waals surface area contributed by atoms with Gasteiger partial charge in [-0.05, 0) is 36.4 Å². The molecule has 7 heteroatoms. The standard InChI is InChI=1S/C15H11ClN2O3S/c16-11-6-8-13(9-7-11)22(20,21)14-10-18(17-15(14)19)12-4-2-1-3-5-12/h1-10H,(H,17,19). The van der Waals surface area contributed by atoms with Gasteiger partial charge < -0.3 is 0 Å². The van der Waals surface area contributed by atoms with Crippen LogP contribution in [-0.2, 0) is 9.84 Å². The Morgan fingerprint density at radius 1 is 0.955 bits per heavy atom. The van der Waals surface area contributed by atoms with Crippen LogP contribution in [0.2, 0.25) is 5.02 Å². The lowest BCUT2D eigenvalue weighted by atomic mass is 10.3. The van der Waals surface area contributed by atoms with E-state index in [2.05, 4.69) is 5.10 Å². The summed E-state index contributed by atoms with van der Waals surface area (Å²) in [6, 6.07) is 14.6. The molecule has 1 N–H and O–H groups in total. The van der Waals surface area contributed by atoms with Crippen LogP contribution in [0.3, 0.4) is 0 Å². The second-order valence-corrected chi connectivity index (χ2v) is 6.95. The molecule has 0 aliphatic rings. The topological polar surface area (TPSA) is 71.9 Å². The smallest absolute Gasteiger partial charge is 0.267 e. The fourth-order valence-corrected chi connectivity index (χ4v) is 3.44. The van der Waals surface area contributed by atoms with Crippen LogP contribution >= 0.6 is 11.6 Å². The summed E-state index contributed by atoms with van der Waals surface area (Å²) >= 11 is 5.76. The van der Waals surface area contributed by atoms with Crippen molar-refractivity contribution in [3.63, 3.8) is 0 Å². The lowest BCUT2D eigenvalue weighted by Crippen LogP contribution is -2.13. The van der Waals surface area contributed by atoms with Gasteiger partial charge in [0.05, 0.1) is 16.8 Å². The van der Waals surface area contributed by atoms with E-state index in [-0.39, 0.29) is 9.79 Å². The Hall–Kier alpha value is -2.31. The molecule has 0 unspecified atom stereocenters. The highest BCUT2D eigenvalue weighted by Crippen LogP contribution is 2.20. The van der Waals surface area contributed by atoms with Gasteiger partial charge in [-0.2, -0.15) is 0 Å². The zero-order valence-corrected chi connectivity index (χ0v) is 12.8. The third-order valence-electron chi connectivity index (χ3n) is 3.14. The van der Waals surface area contributed by atoms with E-state index >= 15 is 0 Å². The van der Waals surface area contributed by atoms with Gasteiger partial charge in [0, 0.05) is 5.02 Å². The number of sulfone groups is 1. The number of hydrogen-bond acceptors (Lipinski definition) is 3. The monoisotopic (exact) mass is 334 g/mol. The normalized spacial score (nSPS) is 11.5. The second-order valence-electron chi connectivity index (χ2n) is 4.60. The maximum atomic E-state index is 12.5. The number of H-pyrrole nitrogens is 1. The van der Waals surface area contributed by atoms with E-state index in [1.54, 1.807) is 24.3 Å². The first kappa shape index (κ1) is 14.6. The van der Waals surface area contributed by atoms with E-state index in [9.17, 15) is 13.2 Å². The average molecular weight is 335 g/mol. The van der Waals surface area contributed by atoms with Gasteiger partial charge in [-0.15, -0.1) is 0 Å². The van der Waals surface area contributed by atoms with Crippen LogP contribution in [0.1, 0.15) is 0 Å². The Bertz CT molecular complexity index is 958. The average Bonchev–Trinajstić information content (AvgIpc) is 2.91. The minimum Gasteiger partial charge on any atom is -0.267 e. The van der Waals surface area contributed by atoms with Crippen LogP contribution in [0.4, 0.5) is 0 Å². The lowest BCUT2D eigenvalue weighted by Gasteiger charge is -2.02. The molecule has 2 aromatic carbocycles. The van der Waals surface area contributed by atoms with Crippen LogP contribution in [0.25, 0.3) is 5.69 Å². The van der Waals surface area contributed by atoms with Crippen molar-refractivity contribution in [2.24, 2.45) is 0 Å². The zero-order valence-electron chi connectivity index (χ0n) is 11.2. The first-order valence-electron chi connectivity index (χ1n) is 6.36. The minimum absolute atomic E-state index is 0.0215. The lowest BCUT2D eigenvalue weighted by molar-refractivity contribution is 0.595. The van der Waals surface area contributed by atoms with Crippen molar-refractivity contribution in [3.05, 3.63) is 76.2 Å². The zero-order chi connectivity index (χ0) is 15.7. The summed E-state index contributed by atoms with van der Waals surface area (Å²) in [5, 5.41) is 2.93. The Kier molecular flexibility index (Phi) is 3.64. The quantitative estimate of drug-likeness (QED) is 0.800. The van der Waals surface area contributed by atoms with Crippen molar-refractivity contribution < 1.29 is 8.42 Å². The Morgan fingerprint density at radius 2 is 1.59 bits per heavy atom. The van der Waals surface area contributed by atoms with Gasteiger partial charge in [0.1, 0.15) is 0 Å². The van der Waals surface area contributed by atoms with Gasteiger partial charge in [-0.3, -0.25) is 14.6 Å². The molecule has 0 bridgehead atoms. The molecule has 0 spiro atoms. The third-order valence-corrected chi connectivity index (χ3v) is 5.15. The second kappa shape index (κ2) is 5.47. The fraction of sp³-hybridized carbons (Fsp3) is 0. The molecule has 0 saturated heterocycles. The number of rotatable bonds is 3. The first-order valence-corrected chi connectivity index (χ1v) is 8.22. The summed E-state index contributed by atoms with van der Waals surface area (Å²) in [5.74, 6) is 0. The molecular formula is C15H11ClN2O3S. The Morgan fingerprint density at radius 3 is 2.23 bits per heavy atom. The van der Waals surface area contributed by atoms with E-state index in [1.807, 2.05) is 6.07 Å². The summed E-state index contributed by atoms with van der Waals surface area (Å²) in [7, 11) is -3.90. The van der Waals surface area contributed by atoms with Gasteiger partial charge in [-0.1, -0.05) is 29.8 Å². The Labute approximate surface area is 131 Å². The predicted molar refractivity (Wildman–Crippen MR) is 83.3 cm³/mol. The molecular weight excluding hydrogens is 324 g/mol. The van der Waals surface area contributed by atoms with Gasteiger partial charge in [0.15, 0.2) is 4.90 Å². The molecule has 3 rings (SSSR count). The van der Waals surface area contributed by atoms with Crippen molar-refractivity contribution in [2.45, 2.75) is 9.79 Å². The highest BCUT2D eigenvalue weighted by Gasteiger charge is 2.23. The van der Waals surface area contributed by atoms with Crippen molar-refractivity contribution in [1.82, 2.24) is 9.78 Å². The number of para-hydroxylation sites is 1. The fourth-order valence-electron chi connectivity index (χ4n) is 2.03. The van der Waals surface area contributed by atoms with Gasteiger partial charge in [0.25, 0.3) is 5.56 Å². The van der Waals surface area contributed by atoms with Gasteiger partial charge >= 0.3 is 0 Å². The van der Waals surface area contributed by atoms with E-state index in [0.29, 0.717) is 10.7 Å². The summed E-state index contributed by atoms with van der Waals surface area (Å²) in [5.41, 5.74) is -0.00374. The van der Waals surface area contributed by atoms with Gasteiger partial charge in [0.2, 0.25) is 9.84 Å². The van der Waals surface area contributed by atoms with E-state index < -0.39 is 15.4 Å². The predicted octanol–water partition coefficient (Wildman–Crippen LogP) is 2.65. The largest absolute Gasteiger partial charge is 0.283 e. The summed E-state index contributed by atoms with van der Waals surface area (Å²) < 4.78 is 26.4. The van der Waals surface area contributed by atoms with Crippen LogP contribution in [0, 0.1) is 0 Å². The van der Waals surface area contributed by atoms with Crippen LogP contribution in [0.15, 0.2) is 75.4 Å². The Balaban J connectivity index is 2.11. The molecule has 5 nitrogen and oxygen atoms in total. The molecule has 112 valence electrons. The van der Waals surface area contributed by atoms with E-state index in [0.717, 1.165) is 0 Å². The third kappa shape index (κ3) is 2.58. The summed E-state index contributed by atoms with van der Waals surface area (Å²) in [4.78, 5) is 11.7. The van der Waals surface area contributed by atoms with Crippen LogP contribution in [0.5, 0.6) is 0 Å². The number of halogens is 1. The maximum absolute atomic E-state index is 12.5. The molecule has 1 heterocycles. The molecule has 1 aromatic heterocycles. The number of aromatic nitrogens is 2. The van der Waals surface area contributed by atoms with E-state index in [1.165, 1.54) is 35.1 Å². The minimum atomic E-state index is -3.90. The first-order chi connectivity index (χ1) is 10.5. The summed E-state index contributed by atoms with van der Waals surface area (Å²) in [6.07, 6.45) is 1.28. The molecule has 0 atom stereocenters. The number of nitrogens with zero attached hydrogens (tertiary/aromatic N) is 1. The molecule has 0 radical (unpaired) electrons. The highest BCUT2D eigenvalue weighted by atomic mass is 35.5. The molecule has 3 aromatic rings. The van der Waals surface area contributed by atoms with Crippen LogP contribution in [-0.4, -0.2) is 18.2 Å². The van der Waals surface area contributed by atoms with Gasteiger partial charge in [-0.25, -0.2) is 8.42 Å². The van der Waals surface area contributed by atoms with Crippen molar-refractivity contribution in [3.8, 4) is 5.69 Å². The highest BCUT2D eigenvalue weighted by molar-refractivity contribution is 7.91. The molecule has 22 heavy (non-hydrogen) atoms. The number of aromatic amines is 1. The number of hydrogen-bond donors (Lipinski definition) is 1. The van der Waals surface area contributed by atoms with Crippen molar-refractivity contribution in [2.75, 3.05) is 0 Å². The molecule has 0 aliphatic heterocycles. The summed E-state index contributed by atoms with van der Waals surface area (Å²) in [6.45, 7) is 0. The molecule has 0 saturated carbocycles. The SMILES string of the molecule is O=c1[nH]n(-c2ccccc2)cc1S(=O)(=O)c1ccc(Cl)cc1. The van der Waals surface area contributed by atoms with Crippen molar-refractivity contribution >= 4 is 21.4 Å². The van der Waals surface area contributed by atoms with Crippen molar-refractivity contribution in [1.29, 1.82) is 0 Å². The number of nitrogens with one attached hydrogen (secondary N) is 1. The van der Waals surface area contributed by atoms with E-state index in [4.69, 9.17) is 11.6 Å². The molecule has 0 aliphatic carbocycles. The number of benzene rings is 2. The maximum Gasteiger partial charge on any atom is 0.283 e. The molecule has 0 fully saturated rings. The van der Waals surface area contributed by atoms with Crippen LogP contribution < -0.4 is 5.56 Å².